The van der Waals surface area contributed by atoms with E-state index in [4.69, 9.17) is 0 Å². The predicted octanol–water partition coefficient (Wildman–Crippen LogP) is 19.0. The van der Waals surface area contributed by atoms with Gasteiger partial charge in [-0.1, -0.05) is 257 Å². The molecular weight excluding hydrogens is 915 g/mol. The Balaban J connectivity index is 0.996. The third-order valence-electron chi connectivity index (χ3n) is 17.9. The van der Waals surface area contributed by atoms with Crippen LogP contribution in [0.5, 0.6) is 0 Å². The Morgan fingerprint density at radius 3 is 1.25 bits per heavy atom. The maximum absolute atomic E-state index is 2.59. The number of rotatable bonds is 6. The van der Waals surface area contributed by atoms with Crippen LogP contribution in [0.15, 0.2) is 273 Å². The molecule has 356 valence electrons. The molecule has 16 rings (SSSR count). The van der Waals surface area contributed by atoms with Crippen LogP contribution in [0.1, 0.15) is 69.5 Å². The quantitative estimate of drug-likeness (QED) is 0.161. The molecule has 76 heavy (non-hydrogen) atoms. The van der Waals surface area contributed by atoms with Crippen LogP contribution in [0.25, 0.3) is 66.4 Å². The van der Waals surface area contributed by atoms with E-state index in [2.05, 4.69) is 292 Å². The fraction of sp³-hybridized carbons (Fsp3) is 0.0667. The van der Waals surface area contributed by atoms with E-state index in [-0.39, 0.29) is 5.41 Å². The molecule has 4 aliphatic rings. The molecule has 4 aliphatic carbocycles. The first kappa shape index (κ1) is 43.1. The standard InChI is InChI=1S/C75H51N/c1-73(2)67-38-21-33-61(71(67)62-43-40-48-22-9-10-27-53(48)72(62)73)60-32-15-20-39-70(60)76(51-41-44-58-56-30-11-16-34-63(56)74(68(58)46-51,49-23-5-3-6-24-49)50-25-7-4-8-26-50)52-42-45-59-57-31-14-19-37-66(57)75(69(59)47-52)64-35-17-12-28-54(64)55-29-13-18-36-65(55)75/h3-47H,1-2H3. The Labute approximate surface area is 444 Å². The Kier molecular flexibility index (Phi) is 9.00. The summed E-state index contributed by atoms with van der Waals surface area (Å²) in [4.78, 5) is 2.59. The zero-order valence-electron chi connectivity index (χ0n) is 42.4. The molecule has 0 fully saturated rings. The second-order valence-electron chi connectivity index (χ2n) is 21.8. The summed E-state index contributed by atoms with van der Waals surface area (Å²) in [7, 11) is 0. The van der Waals surface area contributed by atoms with Crippen molar-refractivity contribution in [1.82, 2.24) is 0 Å². The van der Waals surface area contributed by atoms with Crippen LogP contribution in [-0.4, -0.2) is 0 Å². The van der Waals surface area contributed by atoms with Crippen LogP contribution in [0, 0.1) is 0 Å². The van der Waals surface area contributed by atoms with Gasteiger partial charge < -0.3 is 4.90 Å². The van der Waals surface area contributed by atoms with Crippen molar-refractivity contribution in [2.75, 3.05) is 4.90 Å². The summed E-state index contributed by atoms with van der Waals surface area (Å²) in [6.07, 6.45) is 0. The van der Waals surface area contributed by atoms with Gasteiger partial charge in [-0.05, 0) is 147 Å². The third kappa shape index (κ3) is 5.54. The molecule has 0 unspecified atom stereocenters. The van der Waals surface area contributed by atoms with Gasteiger partial charge in [0.15, 0.2) is 0 Å². The highest BCUT2D eigenvalue weighted by atomic mass is 15.1. The molecule has 12 aromatic carbocycles. The van der Waals surface area contributed by atoms with E-state index in [9.17, 15) is 0 Å². The topological polar surface area (TPSA) is 3.24 Å². The molecule has 0 saturated heterocycles. The smallest absolute Gasteiger partial charge is 0.0726 e. The fourth-order valence-electron chi connectivity index (χ4n) is 15.0. The minimum Gasteiger partial charge on any atom is -0.310 e. The molecule has 1 spiro atoms. The van der Waals surface area contributed by atoms with Crippen LogP contribution < -0.4 is 4.90 Å². The Morgan fingerprint density at radius 1 is 0.276 bits per heavy atom. The minimum absolute atomic E-state index is 0.208. The highest BCUT2D eigenvalue weighted by molar-refractivity contribution is 6.04. The molecule has 0 heterocycles. The number of para-hydroxylation sites is 1. The Bertz CT molecular complexity index is 4180. The Morgan fingerprint density at radius 2 is 0.684 bits per heavy atom. The third-order valence-corrected chi connectivity index (χ3v) is 17.9. The molecule has 1 heteroatoms. The van der Waals surface area contributed by atoms with Crippen molar-refractivity contribution in [2.45, 2.75) is 30.1 Å². The van der Waals surface area contributed by atoms with Crippen LogP contribution in [0.2, 0.25) is 0 Å². The minimum atomic E-state index is -0.575. The van der Waals surface area contributed by atoms with Gasteiger partial charge in [-0.25, -0.2) is 0 Å². The summed E-state index contributed by atoms with van der Waals surface area (Å²) in [5, 5.41) is 2.60. The molecule has 0 saturated carbocycles. The second-order valence-corrected chi connectivity index (χ2v) is 21.8. The highest BCUT2D eigenvalue weighted by Gasteiger charge is 2.52. The van der Waals surface area contributed by atoms with E-state index < -0.39 is 10.8 Å². The lowest BCUT2D eigenvalue weighted by molar-refractivity contribution is 0.666. The van der Waals surface area contributed by atoms with E-state index in [1.54, 1.807) is 0 Å². The average Bonchev–Trinajstić information content (AvgIpc) is 4.34. The first-order valence-electron chi connectivity index (χ1n) is 26.8. The summed E-state index contributed by atoms with van der Waals surface area (Å²) < 4.78 is 0. The zero-order chi connectivity index (χ0) is 50.3. The van der Waals surface area contributed by atoms with Crippen molar-refractivity contribution >= 4 is 27.8 Å². The van der Waals surface area contributed by atoms with Gasteiger partial charge in [0, 0.05) is 22.4 Å². The van der Waals surface area contributed by atoms with Crippen LogP contribution >= 0.6 is 0 Å². The van der Waals surface area contributed by atoms with Crippen molar-refractivity contribution in [3.63, 3.8) is 0 Å². The van der Waals surface area contributed by atoms with Gasteiger partial charge in [-0.3, -0.25) is 0 Å². The van der Waals surface area contributed by atoms with E-state index in [0.29, 0.717) is 0 Å². The summed E-state index contributed by atoms with van der Waals surface area (Å²) in [5.74, 6) is 0. The van der Waals surface area contributed by atoms with E-state index in [1.165, 1.54) is 122 Å². The summed E-state index contributed by atoms with van der Waals surface area (Å²) in [5.41, 5.74) is 28.0. The molecule has 0 atom stereocenters. The van der Waals surface area contributed by atoms with Crippen molar-refractivity contribution in [3.05, 3.63) is 329 Å². The molecule has 0 bridgehead atoms. The average molecular weight is 966 g/mol. The molecule has 0 amide bonds. The molecule has 1 nitrogen and oxygen atoms in total. The normalized spacial score (nSPS) is 14.8. The van der Waals surface area contributed by atoms with Gasteiger partial charge in [0.05, 0.1) is 16.5 Å². The van der Waals surface area contributed by atoms with Gasteiger partial charge in [-0.15, -0.1) is 0 Å². The molecule has 0 aromatic heterocycles. The number of hydrogen-bond acceptors (Lipinski definition) is 1. The Hall–Kier alpha value is -9.30. The van der Waals surface area contributed by atoms with E-state index >= 15 is 0 Å². The highest BCUT2D eigenvalue weighted by Crippen LogP contribution is 2.64. The lowest BCUT2D eigenvalue weighted by Crippen LogP contribution is -2.28. The van der Waals surface area contributed by atoms with Gasteiger partial charge >= 0.3 is 0 Å². The van der Waals surface area contributed by atoms with Crippen molar-refractivity contribution in [2.24, 2.45) is 0 Å². The molecule has 12 aromatic rings. The van der Waals surface area contributed by atoms with Crippen molar-refractivity contribution in [1.29, 1.82) is 0 Å². The largest absolute Gasteiger partial charge is 0.310 e. The molecular formula is C75H51N. The summed E-state index contributed by atoms with van der Waals surface area (Å²) in [6.45, 7) is 4.83. The van der Waals surface area contributed by atoms with E-state index in [1.807, 2.05) is 0 Å². The predicted molar refractivity (Wildman–Crippen MR) is 315 cm³/mol. The monoisotopic (exact) mass is 965 g/mol. The van der Waals surface area contributed by atoms with Gasteiger partial charge in [0.1, 0.15) is 0 Å². The zero-order valence-corrected chi connectivity index (χ0v) is 42.4. The first-order chi connectivity index (χ1) is 37.5. The number of benzene rings is 12. The number of fused-ring (bicyclic) bond motifs is 18. The van der Waals surface area contributed by atoms with E-state index in [0.717, 1.165) is 17.1 Å². The first-order valence-corrected chi connectivity index (χ1v) is 26.8. The van der Waals surface area contributed by atoms with Crippen molar-refractivity contribution in [3.8, 4) is 55.6 Å². The number of hydrogen-bond donors (Lipinski definition) is 0. The maximum atomic E-state index is 2.59. The lowest BCUT2D eigenvalue weighted by Gasteiger charge is -2.35. The fourth-order valence-corrected chi connectivity index (χ4v) is 15.0. The van der Waals surface area contributed by atoms with Crippen LogP contribution in [-0.2, 0) is 16.2 Å². The van der Waals surface area contributed by atoms with Crippen molar-refractivity contribution < 1.29 is 0 Å². The summed E-state index contributed by atoms with van der Waals surface area (Å²) in [6, 6.07) is 103. The van der Waals surface area contributed by atoms with Gasteiger partial charge in [-0.2, -0.15) is 0 Å². The van der Waals surface area contributed by atoms with Gasteiger partial charge in [0.2, 0.25) is 0 Å². The lowest BCUT2D eigenvalue weighted by atomic mass is 9.67. The van der Waals surface area contributed by atoms with Gasteiger partial charge in [0.25, 0.3) is 0 Å². The molecule has 0 radical (unpaired) electrons. The second kappa shape index (κ2) is 15.9. The molecule has 0 aliphatic heterocycles. The number of nitrogens with zero attached hydrogens (tertiary/aromatic N) is 1. The summed E-state index contributed by atoms with van der Waals surface area (Å²) >= 11 is 0. The molecule has 0 N–H and O–H groups in total. The number of anilines is 3. The maximum Gasteiger partial charge on any atom is 0.0726 e. The van der Waals surface area contributed by atoms with Crippen LogP contribution in [0.3, 0.4) is 0 Å². The van der Waals surface area contributed by atoms with Crippen LogP contribution in [0.4, 0.5) is 17.1 Å². The SMILES string of the molecule is CC1(C)c2cccc(-c3ccccc3N(c3ccc4c(c3)C(c3ccccc3)(c3ccccc3)c3ccccc3-4)c3ccc4c(c3)C3(c5ccccc5-c5ccccc53)c3ccccc3-4)c2-c2ccc3ccccc3c21.